The summed E-state index contributed by atoms with van der Waals surface area (Å²) in [7, 11) is 0. The lowest BCUT2D eigenvalue weighted by Gasteiger charge is -2.10. The molecule has 1 saturated carbocycles. The molecular weight excluding hydrogens is 252 g/mol. The Labute approximate surface area is 111 Å². The Kier molecular flexibility index (Phi) is 3.05. The summed E-state index contributed by atoms with van der Waals surface area (Å²) >= 11 is 7.84. The minimum absolute atomic E-state index is 0.713. The van der Waals surface area contributed by atoms with Gasteiger partial charge in [0.1, 0.15) is 0 Å². The molecule has 0 saturated heterocycles. The van der Waals surface area contributed by atoms with Gasteiger partial charge in [0.15, 0.2) is 5.17 Å². The van der Waals surface area contributed by atoms with Gasteiger partial charge in [0.05, 0.1) is 6.54 Å². The number of halogens is 1. The number of benzene rings is 1. The van der Waals surface area contributed by atoms with Crippen LogP contribution in [-0.4, -0.2) is 17.0 Å². The normalized spacial score (nSPS) is 23.6. The van der Waals surface area contributed by atoms with Crippen molar-refractivity contribution in [1.29, 1.82) is 0 Å². The number of thioether (sulfide) groups is 1. The predicted molar refractivity (Wildman–Crippen MR) is 76.2 cm³/mol. The molecule has 1 atom stereocenters. The van der Waals surface area contributed by atoms with E-state index >= 15 is 0 Å². The second-order valence-electron chi connectivity index (χ2n) is 4.72. The summed E-state index contributed by atoms with van der Waals surface area (Å²) in [5.41, 5.74) is 2.27. The number of hydrogen-bond donors (Lipinski definition) is 1. The van der Waals surface area contributed by atoms with Crippen LogP contribution in [0.25, 0.3) is 0 Å². The van der Waals surface area contributed by atoms with E-state index in [0.717, 1.165) is 33.9 Å². The van der Waals surface area contributed by atoms with E-state index in [1.807, 2.05) is 30.0 Å². The molecule has 1 unspecified atom stereocenters. The lowest BCUT2D eigenvalue weighted by atomic mass is 10.2. The second-order valence-corrected chi connectivity index (χ2v) is 6.39. The van der Waals surface area contributed by atoms with Crippen molar-refractivity contribution in [2.45, 2.75) is 25.0 Å². The molecule has 0 aromatic heterocycles. The quantitative estimate of drug-likeness (QED) is 0.877. The number of rotatable bonds is 2. The molecule has 1 heterocycles. The fraction of sp³-hybridized carbons (Fsp3) is 0.462. The third kappa shape index (κ3) is 2.61. The molecule has 90 valence electrons. The molecule has 2 nitrogen and oxygen atoms in total. The van der Waals surface area contributed by atoms with E-state index in [1.165, 1.54) is 12.8 Å². The van der Waals surface area contributed by atoms with E-state index in [-0.39, 0.29) is 0 Å². The molecule has 2 aliphatic rings. The number of anilines is 1. The number of aliphatic imine (C=N–C) groups is 1. The van der Waals surface area contributed by atoms with Gasteiger partial charge in [-0.15, -0.1) is 0 Å². The Morgan fingerprint density at radius 3 is 2.94 bits per heavy atom. The fourth-order valence-electron chi connectivity index (χ4n) is 2.06. The van der Waals surface area contributed by atoms with Gasteiger partial charge in [-0.1, -0.05) is 23.4 Å². The molecule has 17 heavy (non-hydrogen) atoms. The SMILES string of the molecule is Cc1cc(Cl)ccc1NC1=NCC(C2CC2)S1. The average molecular weight is 267 g/mol. The van der Waals surface area contributed by atoms with Gasteiger partial charge in [-0.05, 0) is 49.4 Å². The number of nitrogens with zero attached hydrogens (tertiary/aromatic N) is 1. The summed E-state index contributed by atoms with van der Waals surface area (Å²) in [4.78, 5) is 4.57. The van der Waals surface area contributed by atoms with Crippen LogP contribution >= 0.6 is 23.4 Å². The Morgan fingerprint density at radius 1 is 1.41 bits per heavy atom. The average Bonchev–Trinajstić information content (AvgIpc) is 3.04. The largest absolute Gasteiger partial charge is 0.335 e. The van der Waals surface area contributed by atoms with Crippen molar-refractivity contribution in [2.75, 3.05) is 11.9 Å². The topological polar surface area (TPSA) is 24.4 Å². The molecule has 1 fully saturated rings. The third-order valence-corrected chi connectivity index (χ3v) is 4.78. The van der Waals surface area contributed by atoms with Crippen molar-refractivity contribution < 1.29 is 0 Å². The molecule has 1 aliphatic heterocycles. The molecule has 3 rings (SSSR count). The Balaban J connectivity index is 1.66. The first kappa shape index (κ1) is 11.4. The highest BCUT2D eigenvalue weighted by molar-refractivity contribution is 8.15. The first-order valence-electron chi connectivity index (χ1n) is 5.96. The van der Waals surface area contributed by atoms with E-state index in [2.05, 4.69) is 17.2 Å². The van der Waals surface area contributed by atoms with Crippen molar-refractivity contribution in [3.05, 3.63) is 28.8 Å². The molecule has 1 aliphatic carbocycles. The fourth-order valence-corrected chi connectivity index (χ4v) is 3.50. The number of aryl methyl sites for hydroxylation is 1. The summed E-state index contributed by atoms with van der Waals surface area (Å²) in [5, 5.41) is 5.96. The zero-order valence-electron chi connectivity index (χ0n) is 9.74. The molecule has 4 heteroatoms. The van der Waals surface area contributed by atoms with Crippen LogP contribution in [-0.2, 0) is 0 Å². The highest BCUT2D eigenvalue weighted by Gasteiger charge is 2.35. The molecule has 0 radical (unpaired) electrons. The smallest absolute Gasteiger partial charge is 0.161 e. The van der Waals surface area contributed by atoms with Gasteiger partial charge in [0.25, 0.3) is 0 Å². The molecule has 1 aromatic rings. The summed E-state index contributed by atoms with van der Waals surface area (Å²) in [6, 6.07) is 5.91. The van der Waals surface area contributed by atoms with Gasteiger partial charge in [-0.2, -0.15) is 0 Å². The maximum atomic E-state index is 5.94. The van der Waals surface area contributed by atoms with E-state index < -0.39 is 0 Å². The standard InChI is InChI=1S/C13H15ClN2S/c1-8-6-10(14)4-5-11(8)16-13-15-7-12(17-13)9-2-3-9/h4-6,9,12H,2-3,7H2,1H3,(H,15,16). The minimum atomic E-state index is 0.713. The lowest BCUT2D eigenvalue weighted by molar-refractivity contribution is 0.773. The van der Waals surface area contributed by atoms with Gasteiger partial charge in [0.2, 0.25) is 0 Å². The van der Waals surface area contributed by atoms with Crippen LogP contribution in [0.2, 0.25) is 5.02 Å². The highest BCUT2D eigenvalue weighted by atomic mass is 35.5. The second kappa shape index (κ2) is 4.54. The summed E-state index contributed by atoms with van der Waals surface area (Å²) in [6.45, 7) is 3.04. The molecule has 1 aromatic carbocycles. The van der Waals surface area contributed by atoms with Crippen molar-refractivity contribution >= 4 is 34.2 Å². The maximum absolute atomic E-state index is 5.94. The molecule has 0 amide bonds. The third-order valence-electron chi connectivity index (χ3n) is 3.26. The van der Waals surface area contributed by atoms with Crippen LogP contribution in [0, 0.1) is 12.8 Å². The van der Waals surface area contributed by atoms with Crippen LogP contribution in [0.3, 0.4) is 0 Å². The maximum Gasteiger partial charge on any atom is 0.161 e. The first-order valence-corrected chi connectivity index (χ1v) is 7.22. The Bertz CT molecular complexity index is 468. The predicted octanol–water partition coefficient (Wildman–Crippen LogP) is 3.94. The summed E-state index contributed by atoms with van der Waals surface area (Å²) in [6.07, 6.45) is 2.78. The van der Waals surface area contributed by atoms with Crippen LogP contribution in [0.15, 0.2) is 23.2 Å². The monoisotopic (exact) mass is 266 g/mol. The summed E-state index contributed by atoms with van der Waals surface area (Å²) in [5.74, 6) is 0.911. The number of nitrogens with one attached hydrogen (secondary N) is 1. The van der Waals surface area contributed by atoms with Crippen LogP contribution in [0.1, 0.15) is 18.4 Å². The highest BCUT2D eigenvalue weighted by Crippen LogP contribution is 2.42. The van der Waals surface area contributed by atoms with Crippen molar-refractivity contribution in [2.24, 2.45) is 10.9 Å². The Morgan fingerprint density at radius 2 is 2.24 bits per heavy atom. The molecule has 1 N–H and O–H groups in total. The van der Waals surface area contributed by atoms with Crippen molar-refractivity contribution in [3.8, 4) is 0 Å². The van der Waals surface area contributed by atoms with Gasteiger partial charge >= 0.3 is 0 Å². The van der Waals surface area contributed by atoms with Gasteiger partial charge in [-0.25, -0.2) is 0 Å². The molecular formula is C13H15ClN2S. The van der Waals surface area contributed by atoms with Crippen LogP contribution in [0.4, 0.5) is 5.69 Å². The molecule has 0 spiro atoms. The lowest BCUT2D eigenvalue weighted by Crippen LogP contribution is -2.09. The zero-order chi connectivity index (χ0) is 11.8. The van der Waals surface area contributed by atoms with E-state index in [1.54, 1.807) is 0 Å². The van der Waals surface area contributed by atoms with E-state index in [9.17, 15) is 0 Å². The minimum Gasteiger partial charge on any atom is -0.335 e. The Hall–Kier alpha value is -0.670. The number of hydrogen-bond acceptors (Lipinski definition) is 3. The van der Waals surface area contributed by atoms with E-state index in [0.29, 0.717) is 5.25 Å². The summed E-state index contributed by atoms with van der Waals surface area (Å²) < 4.78 is 0. The first-order chi connectivity index (χ1) is 8.22. The van der Waals surface area contributed by atoms with E-state index in [4.69, 9.17) is 11.6 Å². The van der Waals surface area contributed by atoms with Crippen molar-refractivity contribution in [1.82, 2.24) is 0 Å². The van der Waals surface area contributed by atoms with Crippen molar-refractivity contribution in [3.63, 3.8) is 0 Å². The van der Waals surface area contributed by atoms with Gasteiger partial charge < -0.3 is 5.32 Å². The van der Waals surface area contributed by atoms with Gasteiger partial charge in [-0.3, -0.25) is 4.99 Å². The van der Waals surface area contributed by atoms with Crippen LogP contribution in [0.5, 0.6) is 0 Å². The van der Waals surface area contributed by atoms with Gasteiger partial charge in [0, 0.05) is 16.0 Å². The van der Waals surface area contributed by atoms with Crippen LogP contribution < -0.4 is 5.32 Å². The zero-order valence-corrected chi connectivity index (χ0v) is 11.3. The molecule has 0 bridgehead atoms. The number of amidine groups is 1.